The molecule has 2 aromatic carbocycles. The summed E-state index contributed by atoms with van der Waals surface area (Å²) < 4.78 is 22.7. The number of rotatable bonds is 7. The van der Waals surface area contributed by atoms with Crippen LogP contribution in [0.15, 0.2) is 51.7 Å². The fourth-order valence-corrected chi connectivity index (χ4v) is 4.81. The lowest BCUT2D eigenvalue weighted by Gasteiger charge is -2.31. The van der Waals surface area contributed by atoms with Gasteiger partial charge in [0.2, 0.25) is 5.76 Å². The molecule has 1 atom stereocenters. The Kier molecular flexibility index (Phi) is 6.49. The Bertz CT molecular complexity index is 1290. The van der Waals surface area contributed by atoms with Gasteiger partial charge in [0.15, 0.2) is 5.43 Å². The van der Waals surface area contributed by atoms with Crippen LogP contribution in [-0.2, 0) is 4.74 Å². The van der Waals surface area contributed by atoms with Crippen LogP contribution in [0.2, 0.25) is 0 Å². The van der Waals surface area contributed by atoms with Crippen molar-refractivity contribution in [3.05, 3.63) is 69.6 Å². The molecule has 0 N–H and O–H groups in total. The number of morpholine rings is 1. The van der Waals surface area contributed by atoms with Gasteiger partial charge in [0.05, 0.1) is 43.4 Å². The number of fused-ring (bicyclic) bond motifs is 2. The maximum Gasteiger partial charge on any atom is 0.290 e. The Morgan fingerprint density at radius 3 is 2.57 bits per heavy atom. The first-order valence-electron chi connectivity index (χ1n) is 12.0. The van der Waals surface area contributed by atoms with Crippen molar-refractivity contribution in [3.63, 3.8) is 0 Å². The van der Waals surface area contributed by atoms with Crippen molar-refractivity contribution >= 4 is 16.9 Å². The topological polar surface area (TPSA) is 81.5 Å². The maximum absolute atomic E-state index is 13.7. The van der Waals surface area contributed by atoms with Gasteiger partial charge in [0.25, 0.3) is 5.91 Å². The molecule has 35 heavy (non-hydrogen) atoms. The summed E-state index contributed by atoms with van der Waals surface area (Å²) in [6, 6.07) is 12.1. The van der Waals surface area contributed by atoms with Gasteiger partial charge in [-0.15, -0.1) is 0 Å². The summed E-state index contributed by atoms with van der Waals surface area (Å²) in [5.41, 5.74) is 1.33. The van der Waals surface area contributed by atoms with Crippen LogP contribution in [0.25, 0.3) is 11.0 Å². The molecule has 1 saturated heterocycles. The number of methoxy groups -OCH3 is 1. The summed E-state index contributed by atoms with van der Waals surface area (Å²) in [6.07, 6.45) is 0.00385. The van der Waals surface area contributed by atoms with E-state index < -0.39 is 6.04 Å². The predicted octanol–water partition coefficient (Wildman–Crippen LogP) is 3.47. The van der Waals surface area contributed by atoms with E-state index in [0.717, 1.165) is 18.7 Å². The SMILES string of the molecule is COc1ccc2c(=O)c3c(oc2c1)C(=O)N(CCN1CCOCC1)C3c1cccc(OC(C)C)c1. The number of hydrogen-bond acceptors (Lipinski definition) is 7. The standard InChI is InChI=1S/C27H30N2O6/c1-17(2)34-20-6-4-5-18(15-20)24-23-25(30)21-8-7-19(32-3)16-22(21)35-26(23)27(31)29(24)10-9-28-11-13-33-14-12-28/h4-8,15-17,24H,9-14H2,1-3H3. The number of carbonyl (C=O) groups is 1. The molecule has 2 aliphatic heterocycles. The zero-order valence-electron chi connectivity index (χ0n) is 20.3. The highest BCUT2D eigenvalue weighted by Gasteiger charge is 2.42. The van der Waals surface area contributed by atoms with E-state index in [4.69, 9.17) is 18.6 Å². The Morgan fingerprint density at radius 2 is 1.83 bits per heavy atom. The molecule has 0 aliphatic carbocycles. The molecular weight excluding hydrogens is 448 g/mol. The average Bonchev–Trinajstić information content (AvgIpc) is 3.14. The van der Waals surface area contributed by atoms with Crippen LogP contribution in [0.3, 0.4) is 0 Å². The van der Waals surface area contributed by atoms with Gasteiger partial charge in [-0.1, -0.05) is 12.1 Å². The summed E-state index contributed by atoms with van der Waals surface area (Å²) in [5, 5.41) is 0.423. The van der Waals surface area contributed by atoms with Crippen molar-refractivity contribution in [2.45, 2.75) is 26.0 Å². The molecular formula is C27H30N2O6. The smallest absolute Gasteiger partial charge is 0.290 e. The highest BCUT2D eigenvalue weighted by Crippen LogP contribution is 2.39. The monoisotopic (exact) mass is 478 g/mol. The average molecular weight is 479 g/mol. The molecule has 1 fully saturated rings. The van der Waals surface area contributed by atoms with Crippen molar-refractivity contribution in [1.29, 1.82) is 0 Å². The fourth-order valence-electron chi connectivity index (χ4n) is 4.81. The van der Waals surface area contributed by atoms with E-state index in [9.17, 15) is 9.59 Å². The molecule has 0 bridgehead atoms. The van der Waals surface area contributed by atoms with Crippen LogP contribution < -0.4 is 14.9 Å². The molecule has 0 radical (unpaired) electrons. The first-order valence-corrected chi connectivity index (χ1v) is 12.0. The molecule has 2 aliphatic rings. The molecule has 1 unspecified atom stereocenters. The van der Waals surface area contributed by atoms with Crippen LogP contribution in [-0.4, -0.2) is 68.3 Å². The first kappa shape index (κ1) is 23.4. The molecule has 5 rings (SSSR count). The van der Waals surface area contributed by atoms with Crippen LogP contribution in [0.4, 0.5) is 0 Å². The van der Waals surface area contributed by atoms with E-state index in [1.165, 1.54) is 0 Å². The Hall–Kier alpha value is -3.36. The van der Waals surface area contributed by atoms with Crippen molar-refractivity contribution in [1.82, 2.24) is 9.80 Å². The maximum atomic E-state index is 13.7. The summed E-state index contributed by atoms with van der Waals surface area (Å²) in [7, 11) is 1.55. The summed E-state index contributed by atoms with van der Waals surface area (Å²) in [4.78, 5) is 31.4. The minimum Gasteiger partial charge on any atom is -0.497 e. The minimum absolute atomic E-state index is 0.00385. The Labute approximate surface area is 204 Å². The zero-order chi connectivity index (χ0) is 24.5. The molecule has 0 saturated carbocycles. The lowest BCUT2D eigenvalue weighted by molar-refractivity contribution is 0.0314. The van der Waals surface area contributed by atoms with Crippen LogP contribution in [0.5, 0.6) is 11.5 Å². The molecule has 1 aromatic heterocycles. The van der Waals surface area contributed by atoms with Crippen molar-refractivity contribution < 1.29 is 23.4 Å². The molecule has 8 nitrogen and oxygen atoms in total. The molecule has 184 valence electrons. The highest BCUT2D eigenvalue weighted by molar-refractivity contribution is 5.99. The largest absolute Gasteiger partial charge is 0.497 e. The van der Waals surface area contributed by atoms with E-state index >= 15 is 0 Å². The lowest BCUT2D eigenvalue weighted by Crippen LogP contribution is -2.42. The van der Waals surface area contributed by atoms with Crippen molar-refractivity contribution in [2.24, 2.45) is 0 Å². The van der Waals surface area contributed by atoms with Gasteiger partial charge in [-0.05, 0) is 43.7 Å². The quantitative estimate of drug-likeness (QED) is 0.514. The zero-order valence-corrected chi connectivity index (χ0v) is 20.3. The third-order valence-corrected chi connectivity index (χ3v) is 6.48. The number of carbonyl (C=O) groups excluding carboxylic acids is 1. The second-order valence-electron chi connectivity index (χ2n) is 9.13. The van der Waals surface area contributed by atoms with E-state index in [1.54, 1.807) is 30.2 Å². The molecule has 8 heteroatoms. The molecule has 0 spiro atoms. The van der Waals surface area contributed by atoms with Crippen molar-refractivity contribution in [3.8, 4) is 11.5 Å². The number of hydrogen-bond donors (Lipinski definition) is 0. The third-order valence-electron chi connectivity index (χ3n) is 6.48. The third kappa shape index (κ3) is 4.51. The number of ether oxygens (including phenoxy) is 3. The van der Waals surface area contributed by atoms with Gasteiger partial charge in [0, 0.05) is 32.2 Å². The van der Waals surface area contributed by atoms with E-state index in [-0.39, 0.29) is 23.2 Å². The van der Waals surface area contributed by atoms with E-state index in [1.807, 2.05) is 38.1 Å². The molecule has 3 aromatic rings. The molecule has 3 heterocycles. The lowest BCUT2D eigenvalue weighted by atomic mass is 9.98. The van der Waals surface area contributed by atoms with Gasteiger partial charge >= 0.3 is 0 Å². The van der Waals surface area contributed by atoms with Crippen LogP contribution >= 0.6 is 0 Å². The summed E-state index contributed by atoms with van der Waals surface area (Å²) in [6.45, 7) is 8.07. The van der Waals surface area contributed by atoms with Crippen LogP contribution in [0.1, 0.15) is 41.6 Å². The number of benzene rings is 2. The normalized spacial score (nSPS) is 18.3. The second kappa shape index (κ2) is 9.71. The van der Waals surface area contributed by atoms with Crippen molar-refractivity contribution in [2.75, 3.05) is 46.5 Å². The predicted molar refractivity (Wildman–Crippen MR) is 131 cm³/mol. The second-order valence-corrected chi connectivity index (χ2v) is 9.13. The first-order chi connectivity index (χ1) is 17.0. The summed E-state index contributed by atoms with van der Waals surface area (Å²) >= 11 is 0. The van der Waals surface area contributed by atoms with E-state index in [0.29, 0.717) is 54.3 Å². The number of nitrogens with zero attached hydrogens (tertiary/aromatic N) is 2. The minimum atomic E-state index is -0.558. The molecule has 1 amide bonds. The van der Waals surface area contributed by atoms with Crippen LogP contribution in [0, 0.1) is 0 Å². The van der Waals surface area contributed by atoms with Gasteiger partial charge in [0.1, 0.15) is 17.1 Å². The van der Waals surface area contributed by atoms with Gasteiger partial charge in [-0.3, -0.25) is 14.5 Å². The summed E-state index contributed by atoms with van der Waals surface area (Å²) in [5.74, 6) is 1.07. The fraction of sp³-hybridized carbons (Fsp3) is 0.407. The van der Waals surface area contributed by atoms with Gasteiger partial charge in [-0.2, -0.15) is 0 Å². The van der Waals surface area contributed by atoms with E-state index in [2.05, 4.69) is 4.90 Å². The van der Waals surface area contributed by atoms with Gasteiger partial charge in [-0.25, -0.2) is 0 Å². The highest BCUT2D eigenvalue weighted by atomic mass is 16.5. The van der Waals surface area contributed by atoms with Gasteiger partial charge < -0.3 is 23.5 Å². The number of amides is 1. The Balaban J connectivity index is 1.60. The Morgan fingerprint density at radius 1 is 1.03 bits per heavy atom.